The van der Waals surface area contributed by atoms with E-state index in [0.717, 1.165) is 0 Å². The van der Waals surface area contributed by atoms with E-state index in [4.69, 9.17) is 0 Å². The van der Waals surface area contributed by atoms with Crippen LogP contribution in [0.3, 0.4) is 0 Å². The fourth-order valence-electron chi connectivity index (χ4n) is 5.83. The predicted molar refractivity (Wildman–Crippen MR) is 163 cm³/mol. The minimum atomic E-state index is 0.642. The number of rotatable bonds is 28. The number of hydrogen-bond acceptors (Lipinski definition) is 2. The highest BCUT2D eigenvalue weighted by molar-refractivity contribution is 4.97. The molecule has 0 aromatic rings. The smallest absolute Gasteiger partial charge is 0.101 e. The van der Waals surface area contributed by atoms with Crippen molar-refractivity contribution in [2.45, 2.75) is 194 Å². The first-order chi connectivity index (χ1) is 17.8. The van der Waals surface area contributed by atoms with E-state index in [1.165, 1.54) is 180 Å². The third-order valence-electron chi connectivity index (χ3n) is 8.32. The van der Waals surface area contributed by atoms with Crippen molar-refractivity contribution in [3.05, 3.63) is 12.4 Å². The van der Waals surface area contributed by atoms with Crippen molar-refractivity contribution in [2.75, 3.05) is 13.1 Å². The van der Waals surface area contributed by atoms with Gasteiger partial charge in [0.05, 0.1) is 0 Å². The van der Waals surface area contributed by atoms with Crippen LogP contribution < -0.4 is 0 Å². The summed E-state index contributed by atoms with van der Waals surface area (Å²) < 4.78 is 0. The molecule has 0 saturated carbocycles. The normalized spacial score (nSPS) is 15.5. The van der Waals surface area contributed by atoms with Crippen LogP contribution in [-0.2, 0) is 0 Å². The van der Waals surface area contributed by atoms with Crippen LogP contribution in [0.15, 0.2) is 12.4 Å². The third kappa shape index (κ3) is 18.6. The summed E-state index contributed by atoms with van der Waals surface area (Å²) in [5.74, 6) is 0. The molecule has 36 heavy (non-hydrogen) atoms. The van der Waals surface area contributed by atoms with E-state index in [0.29, 0.717) is 6.17 Å². The lowest BCUT2D eigenvalue weighted by Crippen LogP contribution is -2.39. The van der Waals surface area contributed by atoms with Crippen LogP contribution in [0, 0.1) is 0 Å². The van der Waals surface area contributed by atoms with Crippen molar-refractivity contribution in [3.63, 3.8) is 0 Å². The molecule has 1 aliphatic heterocycles. The van der Waals surface area contributed by atoms with Crippen molar-refractivity contribution >= 4 is 0 Å². The lowest BCUT2D eigenvalue weighted by molar-refractivity contribution is 0.135. The standard InChI is InChI=1S/C34H68N2/c1-4-7-10-13-15-17-18-19-20-21-23-25-28-31-36-33-32-35(34(36)29-26-12-9-6-3)30-27-24-22-16-14-11-8-5-2/h32-34H,4-31H2,1-3H3. The van der Waals surface area contributed by atoms with Crippen LogP contribution in [0.5, 0.6) is 0 Å². The molecule has 2 heteroatoms. The van der Waals surface area contributed by atoms with Crippen molar-refractivity contribution in [1.82, 2.24) is 9.80 Å². The van der Waals surface area contributed by atoms with E-state index in [1.54, 1.807) is 0 Å². The van der Waals surface area contributed by atoms with Gasteiger partial charge in [0.1, 0.15) is 6.17 Å². The topological polar surface area (TPSA) is 6.48 Å². The maximum absolute atomic E-state index is 2.69. The molecule has 0 bridgehead atoms. The van der Waals surface area contributed by atoms with Gasteiger partial charge in [-0.25, -0.2) is 0 Å². The molecule has 1 atom stereocenters. The van der Waals surface area contributed by atoms with E-state index in [2.05, 4.69) is 43.0 Å². The summed E-state index contributed by atoms with van der Waals surface area (Å²) in [5, 5.41) is 0. The van der Waals surface area contributed by atoms with Gasteiger partial charge in [0.25, 0.3) is 0 Å². The Hall–Kier alpha value is -0.660. The van der Waals surface area contributed by atoms with Crippen molar-refractivity contribution in [2.24, 2.45) is 0 Å². The SMILES string of the molecule is CCCCCCCCCCCCCCCN1C=CN(CCCCCCCCCC)C1CCCCCC. The van der Waals surface area contributed by atoms with Crippen LogP contribution in [0.2, 0.25) is 0 Å². The summed E-state index contributed by atoms with van der Waals surface area (Å²) in [6.07, 6.45) is 42.5. The Balaban J connectivity index is 2.13. The minimum absolute atomic E-state index is 0.642. The van der Waals surface area contributed by atoms with Crippen LogP contribution in [0.25, 0.3) is 0 Å². The zero-order chi connectivity index (χ0) is 25.9. The molecule has 0 spiro atoms. The maximum atomic E-state index is 2.69. The first kappa shape index (κ1) is 33.4. The molecule has 0 amide bonds. The molecular formula is C34H68N2. The summed E-state index contributed by atoms with van der Waals surface area (Å²) in [6, 6.07) is 0. The highest BCUT2D eigenvalue weighted by atomic mass is 15.4. The Labute approximate surface area is 229 Å². The van der Waals surface area contributed by atoms with Gasteiger partial charge in [-0.2, -0.15) is 0 Å². The fourth-order valence-corrected chi connectivity index (χ4v) is 5.83. The van der Waals surface area contributed by atoms with Gasteiger partial charge in [0, 0.05) is 25.5 Å². The van der Waals surface area contributed by atoms with E-state index in [9.17, 15) is 0 Å². The second-order valence-corrected chi connectivity index (χ2v) is 11.8. The average Bonchev–Trinajstić information content (AvgIpc) is 3.27. The lowest BCUT2D eigenvalue weighted by Gasteiger charge is -2.33. The summed E-state index contributed by atoms with van der Waals surface area (Å²) in [7, 11) is 0. The molecule has 0 saturated heterocycles. The van der Waals surface area contributed by atoms with Crippen LogP contribution in [0.4, 0.5) is 0 Å². The Morgan fingerprint density at radius 3 is 0.972 bits per heavy atom. The van der Waals surface area contributed by atoms with Crippen LogP contribution in [0.1, 0.15) is 188 Å². The first-order valence-electron chi connectivity index (χ1n) is 17.0. The first-order valence-corrected chi connectivity index (χ1v) is 17.0. The molecule has 0 aliphatic carbocycles. The van der Waals surface area contributed by atoms with Gasteiger partial charge >= 0.3 is 0 Å². The summed E-state index contributed by atoms with van der Waals surface area (Å²) in [5.41, 5.74) is 0. The molecule has 0 radical (unpaired) electrons. The van der Waals surface area contributed by atoms with E-state index in [1.807, 2.05) is 0 Å². The highest BCUT2D eigenvalue weighted by Gasteiger charge is 2.24. The van der Waals surface area contributed by atoms with E-state index >= 15 is 0 Å². The number of unbranched alkanes of at least 4 members (excludes halogenated alkanes) is 22. The Morgan fingerprint density at radius 1 is 0.361 bits per heavy atom. The fraction of sp³-hybridized carbons (Fsp3) is 0.941. The molecule has 2 nitrogen and oxygen atoms in total. The zero-order valence-electron chi connectivity index (χ0n) is 25.4. The van der Waals surface area contributed by atoms with Gasteiger partial charge in [-0.05, 0) is 25.7 Å². The maximum Gasteiger partial charge on any atom is 0.101 e. The van der Waals surface area contributed by atoms with E-state index in [-0.39, 0.29) is 0 Å². The Bertz CT molecular complexity index is 460. The van der Waals surface area contributed by atoms with Crippen molar-refractivity contribution < 1.29 is 0 Å². The van der Waals surface area contributed by atoms with Crippen molar-refractivity contribution in [3.8, 4) is 0 Å². The molecule has 214 valence electrons. The molecule has 0 N–H and O–H groups in total. The Kier molecular flexibility index (Phi) is 24.1. The summed E-state index contributed by atoms with van der Waals surface area (Å²) >= 11 is 0. The quantitative estimate of drug-likeness (QED) is 0.0977. The Morgan fingerprint density at radius 2 is 0.639 bits per heavy atom. The van der Waals surface area contributed by atoms with Gasteiger partial charge < -0.3 is 9.80 Å². The zero-order valence-corrected chi connectivity index (χ0v) is 25.4. The molecule has 0 aromatic carbocycles. The predicted octanol–water partition coefficient (Wildman–Crippen LogP) is 11.6. The lowest BCUT2D eigenvalue weighted by atomic mass is 10.0. The van der Waals surface area contributed by atoms with Gasteiger partial charge in [-0.1, -0.05) is 162 Å². The summed E-state index contributed by atoms with van der Waals surface area (Å²) in [6.45, 7) is 9.47. The van der Waals surface area contributed by atoms with Gasteiger partial charge in [0.2, 0.25) is 0 Å². The van der Waals surface area contributed by atoms with Gasteiger partial charge in [0.15, 0.2) is 0 Å². The third-order valence-corrected chi connectivity index (χ3v) is 8.32. The minimum Gasteiger partial charge on any atom is -0.356 e. The van der Waals surface area contributed by atoms with Crippen LogP contribution in [-0.4, -0.2) is 29.1 Å². The molecular weight excluding hydrogens is 436 g/mol. The number of hydrogen-bond donors (Lipinski definition) is 0. The van der Waals surface area contributed by atoms with Crippen LogP contribution >= 0.6 is 0 Å². The molecule has 1 rings (SSSR count). The van der Waals surface area contributed by atoms with Gasteiger partial charge in [-0.15, -0.1) is 0 Å². The molecule has 1 aliphatic rings. The molecule has 0 fully saturated rings. The van der Waals surface area contributed by atoms with Gasteiger partial charge in [-0.3, -0.25) is 0 Å². The largest absolute Gasteiger partial charge is 0.356 e. The molecule has 1 unspecified atom stereocenters. The molecule has 1 heterocycles. The average molecular weight is 505 g/mol. The second-order valence-electron chi connectivity index (χ2n) is 11.8. The highest BCUT2D eigenvalue weighted by Crippen LogP contribution is 2.23. The monoisotopic (exact) mass is 505 g/mol. The van der Waals surface area contributed by atoms with Crippen molar-refractivity contribution in [1.29, 1.82) is 0 Å². The van der Waals surface area contributed by atoms with E-state index < -0.39 is 0 Å². The second kappa shape index (κ2) is 26.0. The number of nitrogens with zero attached hydrogens (tertiary/aromatic N) is 2. The summed E-state index contributed by atoms with van der Waals surface area (Å²) in [4.78, 5) is 5.38. The molecule has 0 aromatic heterocycles.